The van der Waals surface area contributed by atoms with Crippen LogP contribution in [0.15, 0.2) is 72.5 Å². The van der Waals surface area contributed by atoms with Gasteiger partial charge in [0.25, 0.3) is 0 Å². The Balaban J connectivity index is 2.00. The highest BCUT2D eigenvalue weighted by molar-refractivity contribution is 6.03. The maximum absolute atomic E-state index is 4.77. The first-order chi connectivity index (χ1) is 10.4. The summed E-state index contributed by atoms with van der Waals surface area (Å²) in [6, 6.07) is 11.8. The Bertz CT molecular complexity index is 672. The summed E-state index contributed by atoms with van der Waals surface area (Å²) in [6.07, 6.45) is 9.57. The smallest absolute Gasteiger partial charge is 0.0883 e. The van der Waals surface area contributed by atoms with E-state index in [1.807, 2.05) is 42.5 Å². The standard InChI is InChI=1S/C18H17N3/c1-2-7-14-12-17(15-8-3-5-10-19-15)21-18(13-14)16-9-4-6-11-20-16/h2-6,8-12,14H,1,7,13H2. The van der Waals surface area contributed by atoms with Crippen LogP contribution in [0, 0.1) is 5.92 Å². The summed E-state index contributed by atoms with van der Waals surface area (Å²) in [5.74, 6) is 0.397. The molecule has 1 aliphatic heterocycles. The minimum absolute atomic E-state index is 0.397. The van der Waals surface area contributed by atoms with Gasteiger partial charge in [-0.05, 0) is 43.0 Å². The van der Waals surface area contributed by atoms with Crippen molar-refractivity contribution in [2.45, 2.75) is 12.8 Å². The average Bonchev–Trinajstić information content (AvgIpc) is 2.56. The second kappa shape index (κ2) is 6.27. The van der Waals surface area contributed by atoms with Crippen LogP contribution in [0.2, 0.25) is 0 Å². The molecular weight excluding hydrogens is 258 g/mol. The first-order valence-corrected chi connectivity index (χ1v) is 7.10. The summed E-state index contributed by atoms with van der Waals surface area (Å²) >= 11 is 0. The SMILES string of the molecule is C=CCC1C=C(c2ccccn2)N=C(c2ccccn2)C1. The van der Waals surface area contributed by atoms with Crippen molar-refractivity contribution in [2.75, 3.05) is 0 Å². The number of hydrogen-bond acceptors (Lipinski definition) is 3. The van der Waals surface area contributed by atoms with Crippen LogP contribution in [0.5, 0.6) is 0 Å². The first-order valence-electron chi connectivity index (χ1n) is 7.10. The van der Waals surface area contributed by atoms with Gasteiger partial charge >= 0.3 is 0 Å². The van der Waals surface area contributed by atoms with Crippen molar-refractivity contribution in [3.05, 3.63) is 78.9 Å². The zero-order valence-electron chi connectivity index (χ0n) is 11.8. The van der Waals surface area contributed by atoms with Gasteiger partial charge < -0.3 is 0 Å². The van der Waals surface area contributed by atoms with Crippen molar-refractivity contribution in [1.82, 2.24) is 9.97 Å². The second-order valence-electron chi connectivity index (χ2n) is 5.03. The molecule has 0 aromatic carbocycles. The van der Waals surface area contributed by atoms with Crippen LogP contribution in [-0.2, 0) is 0 Å². The first kappa shape index (κ1) is 13.4. The zero-order valence-corrected chi connectivity index (χ0v) is 11.8. The van der Waals surface area contributed by atoms with Crippen LogP contribution in [0.25, 0.3) is 5.70 Å². The third-order valence-corrected chi connectivity index (χ3v) is 3.46. The van der Waals surface area contributed by atoms with Crippen molar-refractivity contribution in [1.29, 1.82) is 0 Å². The van der Waals surface area contributed by atoms with E-state index < -0.39 is 0 Å². The molecule has 0 fully saturated rings. The van der Waals surface area contributed by atoms with Gasteiger partial charge in [-0.2, -0.15) is 0 Å². The summed E-state index contributed by atoms with van der Waals surface area (Å²) in [6.45, 7) is 3.85. The Kier molecular flexibility index (Phi) is 4.01. The molecule has 0 amide bonds. The van der Waals surface area contributed by atoms with Gasteiger partial charge in [0.2, 0.25) is 0 Å². The van der Waals surface area contributed by atoms with E-state index in [9.17, 15) is 0 Å². The van der Waals surface area contributed by atoms with Crippen LogP contribution in [0.3, 0.4) is 0 Å². The summed E-state index contributed by atoms with van der Waals surface area (Å²) in [5.41, 5.74) is 3.78. The summed E-state index contributed by atoms with van der Waals surface area (Å²) in [7, 11) is 0. The quantitative estimate of drug-likeness (QED) is 0.794. The lowest BCUT2D eigenvalue weighted by atomic mass is 9.92. The number of nitrogens with zero attached hydrogens (tertiary/aromatic N) is 3. The van der Waals surface area contributed by atoms with E-state index in [4.69, 9.17) is 4.99 Å². The molecule has 0 spiro atoms. The van der Waals surface area contributed by atoms with Gasteiger partial charge in [0.1, 0.15) is 0 Å². The van der Waals surface area contributed by atoms with E-state index in [2.05, 4.69) is 22.6 Å². The molecule has 0 saturated heterocycles. The molecule has 3 heteroatoms. The number of aromatic nitrogens is 2. The number of hydrogen-bond donors (Lipinski definition) is 0. The average molecular weight is 275 g/mol. The monoisotopic (exact) mass is 275 g/mol. The molecule has 2 aromatic rings. The van der Waals surface area contributed by atoms with E-state index in [0.29, 0.717) is 5.92 Å². The molecule has 3 nitrogen and oxygen atoms in total. The Hall–Kier alpha value is -2.55. The van der Waals surface area contributed by atoms with Crippen molar-refractivity contribution < 1.29 is 0 Å². The number of allylic oxidation sites excluding steroid dienone is 2. The molecule has 3 rings (SSSR count). The summed E-state index contributed by atoms with van der Waals surface area (Å²) in [5, 5.41) is 0. The molecule has 1 unspecified atom stereocenters. The minimum atomic E-state index is 0.397. The lowest BCUT2D eigenvalue weighted by Crippen LogP contribution is -2.14. The molecule has 104 valence electrons. The van der Waals surface area contributed by atoms with Crippen molar-refractivity contribution in [3.63, 3.8) is 0 Å². The fourth-order valence-electron chi connectivity index (χ4n) is 2.48. The van der Waals surface area contributed by atoms with E-state index in [1.165, 1.54) is 0 Å². The Morgan fingerprint density at radius 1 is 1.05 bits per heavy atom. The fraction of sp³-hybridized carbons (Fsp3) is 0.167. The molecule has 2 aromatic heterocycles. The van der Waals surface area contributed by atoms with Gasteiger partial charge in [0.15, 0.2) is 0 Å². The third kappa shape index (κ3) is 3.14. The van der Waals surface area contributed by atoms with Crippen molar-refractivity contribution in [2.24, 2.45) is 10.9 Å². The molecule has 0 aliphatic carbocycles. The normalized spacial score (nSPS) is 17.8. The predicted molar refractivity (Wildman–Crippen MR) is 85.9 cm³/mol. The molecule has 3 heterocycles. The lowest BCUT2D eigenvalue weighted by molar-refractivity contribution is 0.687. The largest absolute Gasteiger partial charge is 0.255 e. The van der Waals surface area contributed by atoms with E-state index in [1.54, 1.807) is 12.4 Å². The number of pyridine rings is 2. The molecular formula is C18H17N3. The van der Waals surface area contributed by atoms with Crippen LogP contribution < -0.4 is 0 Å². The lowest BCUT2D eigenvalue weighted by Gasteiger charge is -2.19. The molecule has 0 saturated carbocycles. The van der Waals surface area contributed by atoms with Gasteiger partial charge in [-0.15, -0.1) is 6.58 Å². The van der Waals surface area contributed by atoms with Crippen LogP contribution in [0.4, 0.5) is 0 Å². The minimum Gasteiger partial charge on any atom is -0.255 e. The Morgan fingerprint density at radius 3 is 2.38 bits per heavy atom. The number of rotatable bonds is 4. The molecule has 1 atom stereocenters. The van der Waals surface area contributed by atoms with Gasteiger partial charge in [-0.25, -0.2) is 4.99 Å². The highest BCUT2D eigenvalue weighted by Crippen LogP contribution is 2.27. The van der Waals surface area contributed by atoms with Crippen LogP contribution in [0.1, 0.15) is 24.2 Å². The Labute approximate surface area is 124 Å². The van der Waals surface area contributed by atoms with Crippen molar-refractivity contribution >= 4 is 11.4 Å². The maximum atomic E-state index is 4.77. The molecule has 0 N–H and O–H groups in total. The third-order valence-electron chi connectivity index (χ3n) is 3.46. The summed E-state index contributed by atoms with van der Waals surface area (Å²) < 4.78 is 0. The van der Waals surface area contributed by atoms with E-state index in [-0.39, 0.29) is 0 Å². The summed E-state index contributed by atoms with van der Waals surface area (Å²) in [4.78, 5) is 13.6. The topological polar surface area (TPSA) is 38.1 Å². The van der Waals surface area contributed by atoms with Crippen LogP contribution >= 0.6 is 0 Å². The van der Waals surface area contributed by atoms with Gasteiger partial charge in [-0.1, -0.05) is 24.3 Å². The Morgan fingerprint density at radius 2 is 1.76 bits per heavy atom. The number of aliphatic imine (C=N–C) groups is 1. The van der Waals surface area contributed by atoms with Crippen LogP contribution in [-0.4, -0.2) is 15.7 Å². The second-order valence-corrected chi connectivity index (χ2v) is 5.03. The molecule has 0 bridgehead atoms. The highest BCUT2D eigenvalue weighted by atomic mass is 14.9. The highest BCUT2D eigenvalue weighted by Gasteiger charge is 2.19. The van der Waals surface area contributed by atoms with Gasteiger partial charge in [-0.3, -0.25) is 9.97 Å². The van der Waals surface area contributed by atoms with Crippen molar-refractivity contribution in [3.8, 4) is 0 Å². The molecule has 1 aliphatic rings. The zero-order chi connectivity index (χ0) is 14.5. The van der Waals surface area contributed by atoms with Gasteiger partial charge in [0, 0.05) is 12.4 Å². The van der Waals surface area contributed by atoms with E-state index in [0.717, 1.165) is 35.6 Å². The predicted octanol–water partition coefficient (Wildman–Crippen LogP) is 3.90. The fourth-order valence-corrected chi connectivity index (χ4v) is 2.48. The molecule has 0 radical (unpaired) electrons. The molecule has 21 heavy (non-hydrogen) atoms. The maximum Gasteiger partial charge on any atom is 0.0883 e. The van der Waals surface area contributed by atoms with Gasteiger partial charge in [0.05, 0.1) is 22.8 Å². The van der Waals surface area contributed by atoms with E-state index >= 15 is 0 Å².